The fourth-order valence-corrected chi connectivity index (χ4v) is 1.47. The summed E-state index contributed by atoms with van der Waals surface area (Å²) in [6.45, 7) is 3.90. The zero-order valence-corrected chi connectivity index (χ0v) is 8.64. The first-order chi connectivity index (χ1) is 6.17. The lowest BCUT2D eigenvalue weighted by Crippen LogP contribution is -1.96. The van der Waals surface area contributed by atoms with Crippen molar-refractivity contribution in [2.45, 2.75) is 25.6 Å². The van der Waals surface area contributed by atoms with Crippen LogP contribution in [0.15, 0.2) is 18.2 Å². The van der Waals surface area contributed by atoms with Crippen LogP contribution < -0.4 is 0 Å². The van der Waals surface area contributed by atoms with E-state index in [9.17, 15) is 4.79 Å². The Kier molecular flexibility index (Phi) is 3.49. The van der Waals surface area contributed by atoms with E-state index in [0.29, 0.717) is 5.88 Å². The molecule has 70 valence electrons. The van der Waals surface area contributed by atoms with Crippen LogP contribution >= 0.6 is 11.6 Å². The van der Waals surface area contributed by atoms with Crippen LogP contribution in [-0.4, -0.2) is 6.29 Å². The molecule has 0 bridgehead atoms. The van der Waals surface area contributed by atoms with Crippen molar-refractivity contribution >= 4 is 17.9 Å². The standard InChI is InChI=1S/C11H13ClO/c1-8-3-10(6-12)5-11(4-8)9(2)7-13/h3-5,7,9H,6H2,1-2H3. The van der Waals surface area contributed by atoms with Crippen LogP contribution in [0, 0.1) is 6.92 Å². The first-order valence-electron chi connectivity index (χ1n) is 4.29. The van der Waals surface area contributed by atoms with Gasteiger partial charge in [0.2, 0.25) is 0 Å². The minimum absolute atomic E-state index is 0.0399. The molecule has 0 saturated carbocycles. The van der Waals surface area contributed by atoms with Crippen molar-refractivity contribution in [3.8, 4) is 0 Å². The highest BCUT2D eigenvalue weighted by molar-refractivity contribution is 6.17. The van der Waals surface area contributed by atoms with Crippen LogP contribution in [0.2, 0.25) is 0 Å². The van der Waals surface area contributed by atoms with Gasteiger partial charge in [0.25, 0.3) is 0 Å². The van der Waals surface area contributed by atoms with E-state index in [1.54, 1.807) is 0 Å². The lowest BCUT2D eigenvalue weighted by atomic mass is 9.98. The number of aldehydes is 1. The molecule has 0 N–H and O–H groups in total. The van der Waals surface area contributed by atoms with Crippen LogP contribution in [0.1, 0.15) is 29.5 Å². The Hall–Kier alpha value is -0.820. The van der Waals surface area contributed by atoms with Gasteiger partial charge in [-0.15, -0.1) is 11.6 Å². The fourth-order valence-electron chi connectivity index (χ4n) is 1.31. The third kappa shape index (κ3) is 2.56. The Morgan fingerprint density at radius 3 is 2.69 bits per heavy atom. The second kappa shape index (κ2) is 4.43. The van der Waals surface area contributed by atoms with Gasteiger partial charge in [0.1, 0.15) is 6.29 Å². The smallest absolute Gasteiger partial charge is 0.127 e. The van der Waals surface area contributed by atoms with Crippen molar-refractivity contribution in [1.29, 1.82) is 0 Å². The molecular formula is C11H13ClO. The summed E-state index contributed by atoms with van der Waals surface area (Å²) in [5.41, 5.74) is 3.28. The molecule has 0 heterocycles. The highest BCUT2D eigenvalue weighted by Crippen LogP contribution is 2.18. The molecule has 1 rings (SSSR count). The van der Waals surface area contributed by atoms with E-state index in [1.807, 2.05) is 32.0 Å². The van der Waals surface area contributed by atoms with Crippen molar-refractivity contribution < 1.29 is 4.79 Å². The predicted octanol–water partition coefficient (Wildman–Crippen LogP) is 3.04. The maximum absolute atomic E-state index is 10.6. The summed E-state index contributed by atoms with van der Waals surface area (Å²) in [5.74, 6) is 0.460. The monoisotopic (exact) mass is 196 g/mol. The lowest BCUT2D eigenvalue weighted by molar-refractivity contribution is -0.108. The maximum Gasteiger partial charge on any atom is 0.127 e. The van der Waals surface area contributed by atoms with Crippen LogP contribution in [0.4, 0.5) is 0 Å². The number of hydrogen-bond acceptors (Lipinski definition) is 1. The number of benzene rings is 1. The Labute approximate surface area is 83.7 Å². The molecule has 2 heteroatoms. The number of carbonyl (C=O) groups excluding carboxylic acids is 1. The van der Waals surface area contributed by atoms with Gasteiger partial charge >= 0.3 is 0 Å². The van der Waals surface area contributed by atoms with Gasteiger partial charge in [0.05, 0.1) is 0 Å². The van der Waals surface area contributed by atoms with Crippen LogP contribution in [0.25, 0.3) is 0 Å². The molecule has 0 spiro atoms. The number of hydrogen-bond donors (Lipinski definition) is 0. The van der Waals surface area contributed by atoms with Gasteiger partial charge in [-0.05, 0) is 18.1 Å². The second-order valence-corrected chi connectivity index (χ2v) is 3.58. The minimum atomic E-state index is -0.0399. The molecule has 0 fully saturated rings. The van der Waals surface area contributed by atoms with Crippen LogP contribution in [0.3, 0.4) is 0 Å². The van der Waals surface area contributed by atoms with E-state index >= 15 is 0 Å². The number of carbonyl (C=O) groups is 1. The zero-order chi connectivity index (χ0) is 9.84. The SMILES string of the molecule is Cc1cc(CCl)cc(C(C)C=O)c1. The number of alkyl halides is 1. The molecule has 1 nitrogen and oxygen atoms in total. The van der Waals surface area contributed by atoms with Crippen molar-refractivity contribution in [1.82, 2.24) is 0 Å². The lowest BCUT2D eigenvalue weighted by Gasteiger charge is -2.07. The first-order valence-corrected chi connectivity index (χ1v) is 4.82. The number of halogens is 1. The number of aryl methyl sites for hydroxylation is 1. The van der Waals surface area contributed by atoms with Crippen LogP contribution in [0.5, 0.6) is 0 Å². The van der Waals surface area contributed by atoms with E-state index in [-0.39, 0.29) is 5.92 Å². The molecule has 0 amide bonds. The summed E-state index contributed by atoms with van der Waals surface area (Å²) in [4.78, 5) is 10.6. The first kappa shape index (κ1) is 10.3. The molecule has 0 aromatic heterocycles. The van der Waals surface area contributed by atoms with Crippen molar-refractivity contribution in [3.05, 3.63) is 34.9 Å². The third-order valence-corrected chi connectivity index (χ3v) is 2.35. The summed E-state index contributed by atoms with van der Waals surface area (Å²) in [7, 11) is 0. The van der Waals surface area contributed by atoms with Crippen molar-refractivity contribution in [2.24, 2.45) is 0 Å². The maximum atomic E-state index is 10.6. The van der Waals surface area contributed by atoms with Gasteiger partial charge in [-0.1, -0.05) is 30.7 Å². The quantitative estimate of drug-likeness (QED) is 0.537. The van der Waals surface area contributed by atoms with E-state index in [0.717, 1.165) is 23.0 Å². The number of rotatable bonds is 3. The van der Waals surface area contributed by atoms with Gasteiger partial charge in [-0.3, -0.25) is 0 Å². The normalized spacial score (nSPS) is 12.5. The summed E-state index contributed by atoms with van der Waals surface area (Å²) in [6.07, 6.45) is 0.951. The highest BCUT2D eigenvalue weighted by atomic mass is 35.5. The van der Waals surface area contributed by atoms with Crippen molar-refractivity contribution in [3.63, 3.8) is 0 Å². The van der Waals surface area contributed by atoms with E-state index in [2.05, 4.69) is 0 Å². The van der Waals surface area contributed by atoms with Crippen molar-refractivity contribution in [2.75, 3.05) is 0 Å². The molecule has 0 saturated heterocycles. The Bertz CT molecular complexity index is 307. The molecular weight excluding hydrogens is 184 g/mol. The summed E-state index contributed by atoms with van der Waals surface area (Å²) in [6, 6.07) is 6.04. The second-order valence-electron chi connectivity index (χ2n) is 3.31. The average molecular weight is 197 g/mol. The van der Waals surface area contributed by atoms with E-state index < -0.39 is 0 Å². The fraction of sp³-hybridized carbons (Fsp3) is 0.364. The van der Waals surface area contributed by atoms with Gasteiger partial charge in [-0.25, -0.2) is 0 Å². The summed E-state index contributed by atoms with van der Waals surface area (Å²) >= 11 is 5.73. The molecule has 1 aromatic rings. The van der Waals surface area contributed by atoms with E-state index in [4.69, 9.17) is 11.6 Å². The van der Waals surface area contributed by atoms with Gasteiger partial charge in [0, 0.05) is 11.8 Å². The molecule has 1 aromatic carbocycles. The molecule has 0 aliphatic rings. The van der Waals surface area contributed by atoms with Gasteiger partial charge in [0.15, 0.2) is 0 Å². The molecule has 1 unspecified atom stereocenters. The predicted molar refractivity (Wildman–Crippen MR) is 55.2 cm³/mol. The Balaban J connectivity index is 3.07. The Morgan fingerprint density at radius 1 is 1.46 bits per heavy atom. The van der Waals surface area contributed by atoms with E-state index in [1.165, 1.54) is 0 Å². The average Bonchev–Trinajstić information content (AvgIpc) is 2.15. The molecule has 13 heavy (non-hydrogen) atoms. The summed E-state index contributed by atoms with van der Waals surface area (Å²) < 4.78 is 0. The van der Waals surface area contributed by atoms with Gasteiger partial charge in [-0.2, -0.15) is 0 Å². The molecule has 0 aliphatic carbocycles. The third-order valence-electron chi connectivity index (χ3n) is 2.04. The topological polar surface area (TPSA) is 17.1 Å². The molecule has 0 aliphatic heterocycles. The molecule has 0 radical (unpaired) electrons. The molecule has 1 atom stereocenters. The van der Waals surface area contributed by atoms with Crippen LogP contribution in [-0.2, 0) is 10.7 Å². The van der Waals surface area contributed by atoms with Gasteiger partial charge < -0.3 is 4.79 Å². The minimum Gasteiger partial charge on any atom is -0.303 e. The zero-order valence-electron chi connectivity index (χ0n) is 7.88. The highest BCUT2D eigenvalue weighted by Gasteiger charge is 2.05. The largest absolute Gasteiger partial charge is 0.303 e. The summed E-state index contributed by atoms with van der Waals surface area (Å²) in [5, 5.41) is 0. The Morgan fingerprint density at radius 2 is 2.15 bits per heavy atom.